The van der Waals surface area contributed by atoms with Gasteiger partial charge in [-0.1, -0.05) is 30.9 Å². The lowest BCUT2D eigenvalue weighted by Gasteiger charge is -2.23. The van der Waals surface area contributed by atoms with E-state index < -0.39 is 0 Å². The van der Waals surface area contributed by atoms with Crippen molar-refractivity contribution in [1.82, 2.24) is 5.32 Å². The number of anilines is 2. The molecular formula is C13H18ClN3O. The fourth-order valence-electron chi connectivity index (χ4n) is 2.22. The van der Waals surface area contributed by atoms with Gasteiger partial charge >= 0.3 is 6.03 Å². The van der Waals surface area contributed by atoms with Gasteiger partial charge in [0.25, 0.3) is 0 Å². The van der Waals surface area contributed by atoms with E-state index in [0.717, 1.165) is 12.8 Å². The van der Waals surface area contributed by atoms with Gasteiger partial charge in [0.05, 0.1) is 10.7 Å². The van der Waals surface area contributed by atoms with Crippen LogP contribution in [0.5, 0.6) is 0 Å². The van der Waals surface area contributed by atoms with Crippen LogP contribution in [-0.2, 0) is 0 Å². The van der Waals surface area contributed by atoms with Crippen molar-refractivity contribution >= 4 is 29.0 Å². The van der Waals surface area contributed by atoms with Crippen molar-refractivity contribution in [3.63, 3.8) is 0 Å². The summed E-state index contributed by atoms with van der Waals surface area (Å²) in [6.45, 7) is 0. The number of hydrogen-bond acceptors (Lipinski definition) is 2. The normalized spacial score (nSPS) is 16.3. The zero-order valence-electron chi connectivity index (χ0n) is 10.2. The standard InChI is InChI=1S/C13H18ClN3O/c14-11-8-9(15)6-7-12(11)17-13(18)16-10-4-2-1-3-5-10/h6-8,10H,1-5,15H2,(H2,16,17,18). The van der Waals surface area contributed by atoms with Gasteiger partial charge in [0.1, 0.15) is 0 Å². The van der Waals surface area contributed by atoms with Crippen LogP contribution < -0.4 is 16.4 Å². The minimum atomic E-state index is -0.200. The van der Waals surface area contributed by atoms with Gasteiger partial charge in [0, 0.05) is 11.7 Å². The number of carbonyl (C=O) groups is 1. The van der Waals surface area contributed by atoms with Crippen LogP contribution in [0.3, 0.4) is 0 Å². The van der Waals surface area contributed by atoms with E-state index in [1.807, 2.05) is 0 Å². The fourth-order valence-corrected chi connectivity index (χ4v) is 2.46. The molecule has 4 nitrogen and oxygen atoms in total. The summed E-state index contributed by atoms with van der Waals surface area (Å²) in [5.74, 6) is 0. The summed E-state index contributed by atoms with van der Waals surface area (Å²) in [7, 11) is 0. The summed E-state index contributed by atoms with van der Waals surface area (Å²) in [5.41, 5.74) is 6.76. The third kappa shape index (κ3) is 3.53. The first kappa shape index (κ1) is 13.0. The molecule has 98 valence electrons. The number of benzene rings is 1. The van der Waals surface area contributed by atoms with E-state index >= 15 is 0 Å². The van der Waals surface area contributed by atoms with Gasteiger partial charge in [-0.2, -0.15) is 0 Å². The predicted octanol–water partition coefficient (Wildman–Crippen LogP) is 3.38. The molecule has 0 spiro atoms. The van der Waals surface area contributed by atoms with Crippen molar-refractivity contribution in [3.8, 4) is 0 Å². The van der Waals surface area contributed by atoms with Crippen molar-refractivity contribution in [3.05, 3.63) is 23.2 Å². The topological polar surface area (TPSA) is 67.1 Å². The van der Waals surface area contributed by atoms with E-state index in [1.165, 1.54) is 19.3 Å². The molecule has 18 heavy (non-hydrogen) atoms. The molecule has 0 unspecified atom stereocenters. The summed E-state index contributed by atoms with van der Waals surface area (Å²) in [5, 5.41) is 6.17. The van der Waals surface area contributed by atoms with Crippen LogP contribution in [0.1, 0.15) is 32.1 Å². The Bertz CT molecular complexity index is 430. The molecule has 0 atom stereocenters. The molecule has 4 N–H and O–H groups in total. The van der Waals surface area contributed by atoms with Crippen LogP contribution in [0, 0.1) is 0 Å². The maximum atomic E-state index is 11.8. The molecule has 1 aliphatic carbocycles. The van der Waals surface area contributed by atoms with E-state index in [0.29, 0.717) is 16.4 Å². The molecule has 1 aromatic carbocycles. The van der Waals surface area contributed by atoms with Crippen LogP contribution >= 0.6 is 11.6 Å². The van der Waals surface area contributed by atoms with Gasteiger partial charge < -0.3 is 16.4 Å². The second-order valence-electron chi connectivity index (χ2n) is 4.67. The van der Waals surface area contributed by atoms with E-state index in [2.05, 4.69) is 10.6 Å². The Balaban J connectivity index is 1.90. The molecule has 1 fully saturated rings. The van der Waals surface area contributed by atoms with E-state index in [4.69, 9.17) is 17.3 Å². The number of rotatable bonds is 2. The number of hydrogen-bond donors (Lipinski definition) is 3. The molecule has 1 aliphatic rings. The highest BCUT2D eigenvalue weighted by Crippen LogP contribution is 2.24. The third-order valence-corrected chi connectivity index (χ3v) is 3.49. The maximum Gasteiger partial charge on any atom is 0.319 e. The average Bonchev–Trinajstić information content (AvgIpc) is 2.34. The highest BCUT2D eigenvalue weighted by Gasteiger charge is 2.16. The van der Waals surface area contributed by atoms with Gasteiger partial charge in [-0.15, -0.1) is 0 Å². The van der Waals surface area contributed by atoms with Gasteiger partial charge in [0.15, 0.2) is 0 Å². The Kier molecular flexibility index (Phi) is 4.31. The van der Waals surface area contributed by atoms with Crippen molar-refractivity contribution in [2.75, 3.05) is 11.1 Å². The highest BCUT2D eigenvalue weighted by atomic mass is 35.5. The molecule has 5 heteroatoms. The third-order valence-electron chi connectivity index (χ3n) is 3.18. The smallest absolute Gasteiger partial charge is 0.319 e. The number of halogens is 1. The molecule has 0 radical (unpaired) electrons. The summed E-state index contributed by atoms with van der Waals surface area (Å²) >= 11 is 5.99. The molecule has 0 heterocycles. The number of nitrogens with one attached hydrogen (secondary N) is 2. The van der Waals surface area contributed by atoms with Crippen LogP contribution in [0.4, 0.5) is 16.2 Å². The number of amides is 2. The van der Waals surface area contributed by atoms with E-state index in [-0.39, 0.29) is 12.1 Å². The van der Waals surface area contributed by atoms with Gasteiger partial charge in [-0.25, -0.2) is 4.79 Å². The minimum absolute atomic E-state index is 0.200. The van der Waals surface area contributed by atoms with Crippen LogP contribution in [0.2, 0.25) is 5.02 Å². The zero-order valence-corrected chi connectivity index (χ0v) is 11.0. The largest absolute Gasteiger partial charge is 0.399 e. The summed E-state index contributed by atoms with van der Waals surface area (Å²) in [6.07, 6.45) is 5.76. The molecule has 0 aromatic heterocycles. The lowest BCUT2D eigenvalue weighted by Crippen LogP contribution is -2.39. The molecule has 2 rings (SSSR count). The van der Waals surface area contributed by atoms with Crippen LogP contribution in [0.25, 0.3) is 0 Å². The lowest BCUT2D eigenvalue weighted by atomic mass is 9.96. The molecule has 0 saturated heterocycles. The maximum absolute atomic E-state index is 11.8. The van der Waals surface area contributed by atoms with Crippen molar-refractivity contribution in [2.24, 2.45) is 0 Å². The second kappa shape index (κ2) is 5.96. The second-order valence-corrected chi connectivity index (χ2v) is 5.08. The van der Waals surface area contributed by atoms with E-state index in [9.17, 15) is 4.79 Å². The quantitative estimate of drug-likeness (QED) is 0.719. The highest BCUT2D eigenvalue weighted by molar-refractivity contribution is 6.34. The first-order valence-corrected chi connectivity index (χ1v) is 6.65. The average molecular weight is 268 g/mol. The Morgan fingerprint density at radius 1 is 1.28 bits per heavy atom. The molecule has 1 saturated carbocycles. The molecule has 0 aliphatic heterocycles. The van der Waals surface area contributed by atoms with Crippen LogP contribution in [-0.4, -0.2) is 12.1 Å². The SMILES string of the molecule is Nc1ccc(NC(=O)NC2CCCCC2)c(Cl)c1. The fraction of sp³-hybridized carbons (Fsp3) is 0.462. The van der Waals surface area contributed by atoms with Gasteiger partial charge in [-0.3, -0.25) is 0 Å². The molecule has 1 aromatic rings. The van der Waals surface area contributed by atoms with Crippen molar-refractivity contribution in [1.29, 1.82) is 0 Å². The number of nitrogen functional groups attached to an aromatic ring is 1. The van der Waals surface area contributed by atoms with E-state index in [1.54, 1.807) is 18.2 Å². The lowest BCUT2D eigenvalue weighted by molar-refractivity contribution is 0.244. The number of carbonyl (C=O) groups excluding carboxylic acids is 1. The minimum Gasteiger partial charge on any atom is -0.399 e. The Morgan fingerprint density at radius 3 is 2.67 bits per heavy atom. The Hall–Kier alpha value is -1.42. The zero-order chi connectivity index (χ0) is 13.0. The molecule has 2 amide bonds. The summed E-state index contributed by atoms with van der Waals surface area (Å²) < 4.78 is 0. The first-order chi connectivity index (χ1) is 8.65. The van der Waals surface area contributed by atoms with Gasteiger partial charge in [0.2, 0.25) is 0 Å². The summed E-state index contributed by atoms with van der Waals surface area (Å²) in [6, 6.07) is 5.12. The monoisotopic (exact) mass is 267 g/mol. The molecule has 0 bridgehead atoms. The Morgan fingerprint density at radius 2 is 2.00 bits per heavy atom. The predicted molar refractivity (Wildman–Crippen MR) is 74.9 cm³/mol. The molecular weight excluding hydrogens is 250 g/mol. The van der Waals surface area contributed by atoms with Crippen molar-refractivity contribution < 1.29 is 4.79 Å². The number of nitrogens with two attached hydrogens (primary N) is 1. The van der Waals surface area contributed by atoms with Crippen LogP contribution in [0.15, 0.2) is 18.2 Å². The van der Waals surface area contributed by atoms with Crippen molar-refractivity contribution in [2.45, 2.75) is 38.1 Å². The first-order valence-electron chi connectivity index (χ1n) is 6.27. The van der Waals surface area contributed by atoms with Gasteiger partial charge in [-0.05, 0) is 31.0 Å². The Labute approximate surface area is 112 Å². The summed E-state index contributed by atoms with van der Waals surface area (Å²) in [4.78, 5) is 11.8. The number of urea groups is 1.